The molecule has 0 spiro atoms. The van der Waals surface area contributed by atoms with Crippen LogP contribution in [0, 0.1) is 5.92 Å². The van der Waals surface area contributed by atoms with E-state index in [0.29, 0.717) is 25.0 Å². The van der Waals surface area contributed by atoms with Crippen LogP contribution in [0.5, 0.6) is 0 Å². The number of aliphatic imine (C=N–C) groups is 1. The molecule has 1 aromatic rings. The number of hydrogen-bond acceptors (Lipinski definition) is 4. The molecule has 1 aliphatic rings. The summed E-state index contributed by atoms with van der Waals surface area (Å²) in [7, 11) is -3.09. The number of aliphatic hydroxyl groups is 1. The van der Waals surface area contributed by atoms with E-state index in [1.807, 2.05) is 37.3 Å². The third-order valence-corrected chi connectivity index (χ3v) is 6.19. The van der Waals surface area contributed by atoms with E-state index in [2.05, 4.69) is 15.6 Å². The van der Waals surface area contributed by atoms with Crippen molar-refractivity contribution < 1.29 is 13.5 Å². The number of rotatable bonds is 7. The highest BCUT2D eigenvalue weighted by atomic mass is 127. The van der Waals surface area contributed by atoms with Gasteiger partial charge in [-0.25, -0.2) is 17.7 Å². The summed E-state index contributed by atoms with van der Waals surface area (Å²) in [6, 6.07) is 9.51. The molecule has 0 amide bonds. The Hall–Kier alpha value is -0.910. The van der Waals surface area contributed by atoms with E-state index in [1.54, 1.807) is 11.2 Å². The average Bonchev–Trinajstić information content (AvgIpc) is 2.64. The van der Waals surface area contributed by atoms with Crippen molar-refractivity contribution in [1.82, 2.24) is 14.9 Å². The van der Waals surface area contributed by atoms with Gasteiger partial charge in [0.2, 0.25) is 10.0 Å². The Bertz CT molecular complexity index is 718. The number of benzene rings is 1. The molecule has 1 atom stereocenters. The summed E-state index contributed by atoms with van der Waals surface area (Å²) in [4.78, 5) is 4.54. The number of sulfonamides is 1. The lowest BCUT2D eigenvalue weighted by molar-refractivity contribution is 0.0672. The highest BCUT2D eigenvalue weighted by Crippen LogP contribution is 2.20. The molecule has 0 aliphatic carbocycles. The first-order valence-electron chi connectivity index (χ1n) is 9.47. The van der Waals surface area contributed by atoms with E-state index in [4.69, 9.17) is 0 Å². The van der Waals surface area contributed by atoms with Crippen LogP contribution >= 0.6 is 24.0 Å². The molecule has 0 radical (unpaired) electrons. The van der Waals surface area contributed by atoms with Crippen molar-refractivity contribution in [3.05, 3.63) is 35.9 Å². The molecule has 7 nitrogen and oxygen atoms in total. The van der Waals surface area contributed by atoms with Crippen molar-refractivity contribution in [3.8, 4) is 0 Å². The Morgan fingerprint density at radius 1 is 1.25 bits per heavy atom. The molecule has 3 N–H and O–H groups in total. The second-order valence-electron chi connectivity index (χ2n) is 7.32. The number of guanidine groups is 1. The number of halogens is 1. The molecule has 160 valence electrons. The van der Waals surface area contributed by atoms with Crippen LogP contribution in [0.1, 0.15) is 32.3 Å². The standard InChI is InChI=1S/C19H32N4O3S.HI/c1-4-20-18(22-15-19(2,24)17-8-6-5-7-9-17)21-14-16-10-12-23(13-11-16)27(3,25)26;/h5-9,16,24H,4,10-15H2,1-3H3,(H2,20,21,22);1H. The van der Waals surface area contributed by atoms with Gasteiger partial charge in [0.15, 0.2) is 5.96 Å². The molecule has 1 heterocycles. The van der Waals surface area contributed by atoms with Crippen molar-refractivity contribution in [2.75, 3.05) is 39.0 Å². The highest BCUT2D eigenvalue weighted by Gasteiger charge is 2.25. The first-order chi connectivity index (χ1) is 12.7. The second kappa shape index (κ2) is 11.3. The summed E-state index contributed by atoms with van der Waals surface area (Å²) in [6.07, 6.45) is 2.93. The van der Waals surface area contributed by atoms with Gasteiger partial charge in [0.25, 0.3) is 0 Å². The third-order valence-electron chi connectivity index (χ3n) is 4.89. The molecule has 1 unspecified atom stereocenters. The van der Waals surface area contributed by atoms with Crippen LogP contribution in [0.3, 0.4) is 0 Å². The van der Waals surface area contributed by atoms with E-state index in [-0.39, 0.29) is 30.5 Å². The van der Waals surface area contributed by atoms with Crippen LogP contribution < -0.4 is 10.6 Å². The highest BCUT2D eigenvalue weighted by molar-refractivity contribution is 14.0. The number of piperidine rings is 1. The molecule has 2 rings (SSSR count). The Kier molecular flexibility index (Phi) is 10.2. The molecule has 1 saturated heterocycles. The Balaban J connectivity index is 0.00000392. The molecule has 0 saturated carbocycles. The minimum atomic E-state index is -3.09. The third kappa shape index (κ3) is 7.84. The van der Waals surface area contributed by atoms with E-state index in [0.717, 1.165) is 31.5 Å². The molecule has 0 bridgehead atoms. The zero-order valence-electron chi connectivity index (χ0n) is 16.9. The van der Waals surface area contributed by atoms with E-state index >= 15 is 0 Å². The Labute approximate surface area is 186 Å². The topological polar surface area (TPSA) is 94.0 Å². The zero-order valence-corrected chi connectivity index (χ0v) is 20.0. The van der Waals surface area contributed by atoms with Gasteiger partial charge in [-0.3, -0.25) is 0 Å². The SMILES string of the molecule is CCNC(=NCC(C)(O)c1ccccc1)NCC1CCN(S(C)(=O)=O)CC1.I. The monoisotopic (exact) mass is 524 g/mol. The summed E-state index contributed by atoms with van der Waals surface area (Å²) in [5.74, 6) is 1.07. The predicted octanol–water partition coefficient (Wildman–Crippen LogP) is 1.74. The lowest BCUT2D eigenvalue weighted by Crippen LogP contribution is -2.44. The summed E-state index contributed by atoms with van der Waals surface area (Å²) in [5.41, 5.74) is -0.206. The van der Waals surface area contributed by atoms with Crippen molar-refractivity contribution in [1.29, 1.82) is 0 Å². The first kappa shape index (κ1) is 25.1. The molecular formula is C19H33IN4O3S. The van der Waals surface area contributed by atoms with Crippen molar-refractivity contribution in [2.24, 2.45) is 10.9 Å². The molecule has 28 heavy (non-hydrogen) atoms. The average molecular weight is 524 g/mol. The van der Waals surface area contributed by atoms with Crippen LogP contribution in [0.4, 0.5) is 0 Å². The van der Waals surface area contributed by atoms with Crippen LogP contribution in [0.15, 0.2) is 35.3 Å². The van der Waals surface area contributed by atoms with E-state index in [1.165, 1.54) is 6.26 Å². The largest absolute Gasteiger partial charge is 0.384 e. The van der Waals surface area contributed by atoms with Crippen LogP contribution in [0.2, 0.25) is 0 Å². The van der Waals surface area contributed by atoms with E-state index < -0.39 is 15.6 Å². The van der Waals surface area contributed by atoms with Crippen LogP contribution in [-0.4, -0.2) is 62.8 Å². The molecule has 1 aromatic carbocycles. The molecule has 0 aromatic heterocycles. The number of hydrogen-bond donors (Lipinski definition) is 3. The predicted molar refractivity (Wildman–Crippen MR) is 125 cm³/mol. The second-order valence-corrected chi connectivity index (χ2v) is 9.30. The van der Waals surface area contributed by atoms with E-state index in [9.17, 15) is 13.5 Å². The normalized spacial score (nSPS) is 18.8. The van der Waals surface area contributed by atoms with Gasteiger partial charge in [0.05, 0.1) is 12.8 Å². The van der Waals surface area contributed by atoms with Gasteiger partial charge in [0.1, 0.15) is 5.60 Å². The quantitative estimate of drug-likeness (QED) is 0.287. The minimum Gasteiger partial charge on any atom is -0.384 e. The lowest BCUT2D eigenvalue weighted by atomic mass is 9.96. The number of nitrogens with zero attached hydrogens (tertiary/aromatic N) is 2. The maximum atomic E-state index is 11.6. The molecule has 1 aliphatic heterocycles. The van der Waals surface area contributed by atoms with Crippen LogP contribution in [-0.2, 0) is 15.6 Å². The van der Waals surface area contributed by atoms with Crippen molar-refractivity contribution in [3.63, 3.8) is 0 Å². The fraction of sp³-hybridized carbons (Fsp3) is 0.632. The van der Waals surface area contributed by atoms with Gasteiger partial charge >= 0.3 is 0 Å². The summed E-state index contributed by atoms with van der Waals surface area (Å²) >= 11 is 0. The van der Waals surface area contributed by atoms with Gasteiger partial charge in [-0.15, -0.1) is 24.0 Å². The van der Waals surface area contributed by atoms with Gasteiger partial charge in [-0.05, 0) is 38.2 Å². The maximum Gasteiger partial charge on any atom is 0.211 e. The first-order valence-corrected chi connectivity index (χ1v) is 11.3. The summed E-state index contributed by atoms with van der Waals surface area (Å²) < 4.78 is 24.7. The summed E-state index contributed by atoms with van der Waals surface area (Å²) in [5, 5.41) is 17.2. The van der Waals surface area contributed by atoms with Crippen molar-refractivity contribution in [2.45, 2.75) is 32.3 Å². The van der Waals surface area contributed by atoms with Gasteiger partial charge in [-0.1, -0.05) is 30.3 Å². The minimum absolute atomic E-state index is 0. The number of nitrogens with one attached hydrogen (secondary N) is 2. The molecular weight excluding hydrogens is 491 g/mol. The Morgan fingerprint density at radius 3 is 2.39 bits per heavy atom. The van der Waals surface area contributed by atoms with Gasteiger partial charge < -0.3 is 15.7 Å². The Morgan fingerprint density at radius 2 is 1.86 bits per heavy atom. The molecule has 9 heteroatoms. The zero-order chi connectivity index (χ0) is 19.9. The summed E-state index contributed by atoms with van der Waals surface area (Å²) in [6.45, 7) is 6.61. The maximum absolute atomic E-state index is 11.6. The van der Waals surface area contributed by atoms with Gasteiger partial charge in [-0.2, -0.15) is 0 Å². The molecule has 1 fully saturated rings. The van der Waals surface area contributed by atoms with Crippen LogP contribution in [0.25, 0.3) is 0 Å². The van der Waals surface area contributed by atoms with Gasteiger partial charge in [0, 0.05) is 26.2 Å². The smallest absolute Gasteiger partial charge is 0.211 e. The van der Waals surface area contributed by atoms with Crippen molar-refractivity contribution >= 4 is 40.0 Å². The lowest BCUT2D eigenvalue weighted by Gasteiger charge is -2.30. The fourth-order valence-corrected chi connectivity index (χ4v) is 4.02. The fourth-order valence-electron chi connectivity index (χ4n) is 3.15.